The number of amides is 1. The van der Waals surface area contributed by atoms with Gasteiger partial charge in [-0.25, -0.2) is 9.50 Å². The fraction of sp³-hybridized carbons (Fsp3) is 0.538. The molecule has 0 saturated heterocycles. The smallest absolute Gasteiger partial charge is 0.291 e. The van der Waals surface area contributed by atoms with E-state index in [0.717, 1.165) is 17.9 Å². The fourth-order valence-corrected chi connectivity index (χ4v) is 2.01. The Balaban J connectivity index is 2.13. The second kappa shape index (κ2) is 5.96. The molecule has 1 atom stereocenters. The van der Waals surface area contributed by atoms with E-state index in [1.807, 2.05) is 33.8 Å². The number of nitrogens with zero attached hydrogens (tertiary/aromatic N) is 4. The first-order valence-electron chi connectivity index (χ1n) is 6.74. The molecule has 0 aliphatic carbocycles. The van der Waals surface area contributed by atoms with Gasteiger partial charge < -0.3 is 10.6 Å². The zero-order valence-corrected chi connectivity index (χ0v) is 12.3. The van der Waals surface area contributed by atoms with Crippen LogP contribution >= 0.6 is 0 Å². The first-order valence-corrected chi connectivity index (χ1v) is 6.74. The van der Waals surface area contributed by atoms with Gasteiger partial charge in [-0.2, -0.15) is 4.98 Å². The molecule has 2 aromatic heterocycles. The summed E-state index contributed by atoms with van der Waals surface area (Å²) in [5.74, 6) is 0.319. The van der Waals surface area contributed by atoms with E-state index in [1.165, 1.54) is 0 Å². The largest absolute Gasteiger partial charge is 0.348 e. The first-order chi connectivity index (χ1) is 9.51. The molecule has 0 saturated carbocycles. The van der Waals surface area contributed by atoms with Gasteiger partial charge in [0.15, 0.2) is 0 Å². The Morgan fingerprint density at radius 1 is 1.40 bits per heavy atom. The number of hydrogen-bond acceptors (Lipinski definition) is 5. The van der Waals surface area contributed by atoms with Gasteiger partial charge in [0.2, 0.25) is 5.82 Å². The maximum absolute atomic E-state index is 12.0. The summed E-state index contributed by atoms with van der Waals surface area (Å²) in [6.07, 6.45) is 0. The molecule has 0 unspecified atom stereocenters. The molecule has 0 bridgehead atoms. The quantitative estimate of drug-likeness (QED) is 0.829. The summed E-state index contributed by atoms with van der Waals surface area (Å²) in [5.41, 5.74) is 1.76. The molecule has 0 aromatic carbocycles. The van der Waals surface area contributed by atoms with Gasteiger partial charge in [0.25, 0.3) is 11.7 Å². The zero-order chi connectivity index (χ0) is 14.7. The van der Waals surface area contributed by atoms with E-state index in [2.05, 4.69) is 25.7 Å². The number of carbonyl (C=O) groups excluding carboxylic acids is 1. The van der Waals surface area contributed by atoms with Gasteiger partial charge in [0.05, 0.1) is 0 Å². The number of hydrogen-bond donors (Lipinski definition) is 2. The van der Waals surface area contributed by atoms with Crippen LogP contribution in [0.4, 0.5) is 0 Å². The van der Waals surface area contributed by atoms with E-state index in [0.29, 0.717) is 12.3 Å². The van der Waals surface area contributed by atoms with Crippen LogP contribution in [0.5, 0.6) is 0 Å². The number of carbonyl (C=O) groups is 1. The lowest BCUT2D eigenvalue weighted by atomic mass is 10.3. The van der Waals surface area contributed by atoms with E-state index in [4.69, 9.17) is 0 Å². The summed E-state index contributed by atoms with van der Waals surface area (Å²) in [6.45, 7) is 9.24. The van der Waals surface area contributed by atoms with Crippen LogP contribution in [0.1, 0.15) is 35.9 Å². The minimum absolute atomic E-state index is 0.148. The van der Waals surface area contributed by atoms with Gasteiger partial charge in [-0.3, -0.25) is 4.79 Å². The lowest BCUT2D eigenvalue weighted by Gasteiger charge is -2.11. The van der Waals surface area contributed by atoms with Gasteiger partial charge in [-0.15, -0.1) is 5.10 Å². The average molecular weight is 276 g/mol. The van der Waals surface area contributed by atoms with E-state index in [1.54, 1.807) is 4.52 Å². The van der Waals surface area contributed by atoms with Crippen LogP contribution in [0, 0.1) is 13.8 Å². The number of nitrogens with one attached hydrogen (secondary N) is 2. The molecule has 1 amide bonds. The maximum atomic E-state index is 12.0. The van der Waals surface area contributed by atoms with Crippen LogP contribution in [-0.4, -0.2) is 44.6 Å². The summed E-state index contributed by atoms with van der Waals surface area (Å²) in [6, 6.07) is 2.11. The van der Waals surface area contributed by atoms with Gasteiger partial charge in [-0.05, 0) is 33.4 Å². The van der Waals surface area contributed by atoms with Gasteiger partial charge >= 0.3 is 0 Å². The van der Waals surface area contributed by atoms with Gasteiger partial charge in [-0.1, -0.05) is 6.92 Å². The van der Waals surface area contributed by atoms with Crippen molar-refractivity contribution in [3.8, 4) is 0 Å². The molecule has 0 fully saturated rings. The molecule has 7 heteroatoms. The predicted molar refractivity (Wildman–Crippen MR) is 75.7 cm³/mol. The van der Waals surface area contributed by atoms with Crippen molar-refractivity contribution in [1.29, 1.82) is 0 Å². The molecule has 108 valence electrons. The molecular formula is C13H20N6O. The number of aryl methyl sites for hydroxylation is 2. The molecule has 7 nitrogen and oxygen atoms in total. The van der Waals surface area contributed by atoms with Gasteiger partial charge in [0.1, 0.15) is 0 Å². The zero-order valence-electron chi connectivity index (χ0n) is 12.3. The molecular weight excluding hydrogens is 256 g/mol. The number of fused-ring (bicyclic) bond motifs is 1. The van der Waals surface area contributed by atoms with Crippen LogP contribution < -0.4 is 10.6 Å². The van der Waals surface area contributed by atoms with Crippen LogP contribution in [0.3, 0.4) is 0 Å². The lowest BCUT2D eigenvalue weighted by molar-refractivity contribution is 0.0940. The third kappa shape index (κ3) is 3.11. The van der Waals surface area contributed by atoms with E-state index >= 15 is 0 Å². The Morgan fingerprint density at radius 3 is 2.85 bits per heavy atom. The minimum Gasteiger partial charge on any atom is -0.348 e. The molecule has 0 radical (unpaired) electrons. The Morgan fingerprint density at radius 2 is 2.15 bits per heavy atom. The second-order valence-electron chi connectivity index (χ2n) is 4.85. The van der Waals surface area contributed by atoms with Gasteiger partial charge in [0, 0.05) is 24.0 Å². The standard InChI is InChI=1S/C13H20N6O/c1-5-14-9(3)7-15-12(20)11-17-13-16-8(2)6-10(4)19(13)18-11/h6,9,14H,5,7H2,1-4H3,(H,15,20)/t9-/m1/s1. The summed E-state index contributed by atoms with van der Waals surface area (Å²) in [5, 5.41) is 10.2. The summed E-state index contributed by atoms with van der Waals surface area (Å²) in [7, 11) is 0. The molecule has 2 aromatic rings. The molecule has 0 aliphatic heterocycles. The third-order valence-electron chi connectivity index (χ3n) is 2.94. The highest BCUT2D eigenvalue weighted by Gasteiger charge is 2.15. The monoisotopic (exact) mass is 276 g/mol. The Hall–Kier alpha value is -2.02. The Labute approximate surface area is 117 Å². The van der Waals surface area contributed by atoms with Crippen molar-refractivity contribution in [3.05, 3.63) is 23.3 Å². The highest BCUT2D eigenvalue weighted by Crippen LogP contribution is 2.05. The highest BCUT2D eigenvalue weighted by molar-refractivity contribution is 5.90. The molecule has 2 heterocycles. The highest BCUT2D eigenvalue weighted by atomic mass is 16.2. The predicted octanol–water partition coefficient (Wildman–Crippen LogP) is 0.469. The van der Waals surface area contributed by atoms with Crippen LogP contribution in [-0.2, 0) is 0 Å². The van der Waals surface area contributed by atoms with E-state index in [9.17, 15) is 4.79 Å². The average Bonchev–Trinajstić information content (AvgIpc) is 2.80. The van der Waals surface area contributed by atoms with Crippen molar-refractivity contribution in [2.45, 2.75) is 33.7 Å². The molecule has 2 rings (SSSR count). The first kappa shape index (κ1) is 14.4. The third-order valence-corrected chi connectivity index (χ3v) is 2.94. The van der Waals surface area contributed by atoms with Crippen LogP contribution in [0.25, 0.3) is 5.78 Å². The molecule has 2 N–H and O–H groups in total. The fourth-order valence-electron chi connectivity index (χ4n) is 2.01. The number of aromatic nitrogens is 4. The van der Waals surface area contributed by atoms with Crippen molar-refractivity contribution in [3.63, 3.8) is 0 Å². The van der Waals surface area contributed by atoms with E-state index < -0.39 is 0 Å². The summed E-state index contributed by atoms with van der Waals surface area (Å²) < 4.78 is 1.58. The normalized spacial score (nSPS) is 12.6. The molecule has 0 spiro atoms. The molecule has 20 heavy (non-hydrogen) atoms. The minimum atomic E-state index is -0.280. The van der Waals surface area contributed by atoms with Crippen molar-refractivity contribution in [2.24, 2.45) is 0 Å². The number of likely N-dealkylation sites (N-methyl/N-ethyl adjacent to an activating group) is 1. The second-order valence-corrected chi connectivity index (χ2v) is 4.85. The molecule has 0 aliphatic rings. The summed E-state index contributed by atoms with van der Waals surface area (Å²) >= 11 is 0. The summed E-state index contributed by atoms with van der Waals surface area (Å²) in [4.78, 5) is 20.4. The Bertz CT molecular complexity index is 621. The van der Waals surface area contributed by atoms with Crippen LogP contribution in [0.15, 0.2) is 6.07 Å². The van der Waals surface area contributed by atoms with Crippen molar-refractivity contribution in [2.75, 3.05) is 13.1 Å². The van der Waals surface area contributed by atoms with E-state index in [-0.39, 0.29) is 17.8 Å². The van der Waals surface area contributed by atoms with Crippen molar-refractivity contribution >= 4 is 11.7 Å². The Kier molecular flexibility index (Phi) is 4.29. The lowest BCUT2D eigenvalue weighted by Crippen LogP contribution is -2.39. The van der Waals surface area contributed by atoms with Crippen LogP contribution in [0.2, 0.25) is 0 Å². The SMILES string of the molecule is CCN[C@H](C)CNC(=O)c1nc2nc(C)cc(C)n2n1. The maximum Gasteiger partial charge on any atom is 0.291 e. The van der Waals surface area contributed by atoms with Crippen molar-refractivity contribution < 1.29 is 4.79 Å². The topological polar surface area (TPSA) is 84.2 Å². The van der Waals surface area contributed by atoms with Crippen molar-refractivity contribution in [1.82, 2.24) is 30.2 Å². The number of rotatable bonds is 5.